The summed E-state index contributed by atoms with van der Waals surface area (Å²) in [5.74, 6) is -0.963. The molecule has 3 rings (SSSR count). The van der Waals surface area contributed by atoms with Crippen molar-refractivity contribution < 1.29 is 23.4 Å². The molecule has 1 aromatic carbocycles. The van der Waals surface area contributed by atoms with Crippen molar-refractivity contribution in [1.29, 1.82) is 0 Å². The number of halogens is 2. The van der Waals surface area contributed by atoms with E-state index in [0.29, 0.717) is 52.2 Å². The van der Waals surface area contributed by atoms with Crippen molar-refractivity contribution in [2.45, 2.75) is 25.0 Å². The number of β-amino-alcohol motifs (C(OH)–C–C–N with tert-alkyl or cyclic N) is 1. The smallest absolute Gasteiger partial charge is 0.224 e. The summed E-state index contributed by atoms with van der Waals surface area (Å²) in [6, 6.07) is 2.95. The minimum Gasteiger partial charge on any atom is -0.392 e. The number of nitrogens with zero attached hydrogens (tertiary/aromatic N) is 2. The molecule has 0 unspecified atom stereocenters. The summed E-state index contributed by atoms with van der Waals surface area (Å²) >= 11 is 0. The van der Waals surface area contributed by atoms with Crippen LogP contribution in [0.3, 0.4) is 0 Å². The Morgan fingerprint density at radius 3 is 2.79 bits per heavy atom. The summed E-state index contributed by atoms with van der Waals surface area (Å²) in [7, 11) is 0. The lowest BCUT2D eigenvalue weighted by molar-refractivity contribution is -0.135. The number of morpholine rings is 1. The van der Waals surface area contributed by atoms with Gasteiger partial charge in [-0.2, -0.15) is 0 Å². The molecule has 2 aliphatic rings. The van der Waals surface area contributed by atoms with Crippen LogP contribution in [0.25, 0.3) is 0 Å². The number of likely N-dealkylation sites (tertiary alicyclic amines) is 1. The average Bonchev–Trinajstić information content (AvgIpc) is 2.96. The molecular weight excluding hydrogens is 318 g/mol. The van der Waals surface area contributed by atoms with E-state index in [1.165, 1.54) is 6.07 Å². The Hall–Kier alpha value is -1.57. The van der Waals surface area contributed by atoms with E-state index in [2.05, 4.69) is 0 Å². The fourth-order valence-corrected chi connectivity index (χ4v) is 3.43. The molecule has 2 fully saturated rings. The van der Waals surface area contributed by atoms with Gasteiger partial charge in [-0.1, -0.05) is 0 Å². The third kappa shape index (κ3) is 3.91. The van der Waals surface area contributed by atoms with Gasteiger partial charge in [0.05, 0.1) is 19.3 Å². The summed E-state index contributed by atoms with van der Waals surface area (Å²) in [6.45, 7) is 3.04. The molecule has 1 N–H and O–H groups in total. The Bertz CT molecular complexity index is 593. The van der Waals surface area contributed by atoms with Crippen LogP contribution >= 0.6 is 0 Å². The van der Waals surface area contributed by atoms with E-state index in [1.807, 2.05) is 4.90 Å². The molecule has 7 heteroatoms. The number of carbonyl (C=O) groups is 1. The molecule has 2 saturated heterocycles. The van der Waals surface area contributed by atoms with Gasteiger partial charge in [0.15, 0.2) is 0 Å². The topological polar surface area (TPSA) is 53.0 Å². The van der Waals surface area contributed by atoms with E-state index in [4.69, 9.17) is 4.74 Å². The van der Waals surface area contributed by atoms with Gasteiger partial charge < -0.3 is 14.7 Å². The normalized spacial score (nSPS) is 25.2. The highest BCUT2D eigenvalue weighted by atomic mass is 19.1. The Kier molecular flexibility index (Phi) is 5.43. The molecule has 2 aliphatic heterocycles. The summed E-state index contributed by atoms with van der Waals surface area (Å²) < 4.78 is 32.7. The third-order valence-electron chi connectivity index (χ3n) is 4.68. The Balaban J connectivity index is 1.65. The zero-order valence-corrected chi connectivity index (χ0v) is 13.5. The average molecular weight is 340 g/mol. The van der Waals surface area contributed by atoms with Gasteiger partial charge >= 0.3 is 0 Å². The van der Waals surface area contributed by atoms with Crippen LogP contribution in [0.15, 0.2) is 18.2 Å². The van der Waals surface area contributed by atoms with Gasteiger partial charge in [-0.3, -0.25) is 9.69 Å². The molecule has 0 saturated carbocycles. The molecule has 1 aromatic rings. The first-order valence-electron chi connectivity index (χ1n) is 8.27. The Morgan fingerprint density at radius 2 is 2.04 bits per heavy atom. The molecule has 0 bridgehead atoms. The van der Waals surface area contributed by atoms with Crippen LogP contribution in [0, 0.1) is 11.6 Å². The van der Waals surface area contributed by atoms with Crippen LogP contribution in [0.1, 0.15) is 24.4 Å². The van der Waals surface area contributed by atoms with E-state index in [0.717, 1.165) is 12.1 Å². The van der Waals surface area contributed by atoms with Gasteiger partial charge in [0.1, 0.15) is 11.6 Å². The number of hydrogen-bond donors (Lipinski definition) is 1. The number of aliphatic hydroxyl groups excluding tert-OH is 1. The second-order valence-corrected chi connectivity index (χ2v) is 6.31. The second kappa shape index (κ2) is 7.55. The van der Waals surface area contributed by atoms with Crippen LogP contribution in [0.5, 0.6) is 0 Å². The van der Waals surface area contributed by atoms with Crippen molar-refractivity contribution in [2.75, 3.05) is 39.4 Å². The molecule has 2 atom stereocenters. The number of carbonyl (C=O) groups excluding carboxylic acids is 1. The molecule has 0 radical (unpaired) electrons. The molecule has 0 aromatic heterocycles. The molecular formula is C17H22F2N2O3. The van der Waals surface area contributed by atoms with Gasteiger partial charge in [-0.05, 0) is 24.6 Å². The maximum atomic E-state index is 14.0. The molecule has 132 valence electrons. The number of rotatable bonds is 4. The van der Waals surface area contributed by atoms with Crippen molar-refractivity contribution >= 4 is 5.91 Å². The lowest BCUT2D eigenvalue weighted by Gasteiger charge is -2.29. The van der Waals surface area contributed by atoms with Crippen molar-refractivity contribution in [3.8, 4) is 0 Å². The highest BCUT2D eigenvalue weighted by molar-refractivity contribution is 5.76. The number of ether oxygens (including phenoxy) is 1. The van der Waals surface area contributed by atoms with Crippen molar-refractivity contribution in [3.05, 3.63) is 35.4 Å². The van der Waals surface area contributed by atoms with Gasteiger partial charge in [0.25, 0.3) is 0 Å². The van der Waals surface area contributed by atoms with Crippen molar-refractivity contribution in [1.82, 2.24) is 9.80 Å². The molecule has 2 heterocycles. The first-order chi connectivity index (χ1) is 11.5. The monoisotopic (exact) mass is 340 g/mol. The Labute approximate surface area is 139 Å². The highest BCUT2D eigenvalue weighted by Gasteiger charge is 2.34. The Morgan fingerprint density at radius 1 is 1.29 bits per heavy atom. The summed E-state index contributed by atoms with van der Waals surface area (Å²) in [6.07, 6.45) is 0.0304. The van der Waals surface area contributed by atoms with Crippen LogP contribution in [-0.4, -0.2) is 66.3 Å². The van der Waals surface area contributed by atoms with Crippen LogP contribution in [0.2, 0.25) is 0 Å². The summed E-state index contributed by atoms with van der Waals surface area (Å²) in [4.78, 5) is 15.9. The largest absolute Gasteiger partial charge is 0.392 e. The molecule has 5 nitrogen and oxygen atoms in total. The lowest BCUT2D eigenvalue weighted by atomic mass is 10.0. The van der Waals surface area contributed by atoms with Crippen molar-refractivity contribution in [2.24, 2.45) is 0 Å². The minimum atomic E-state index is -0.601. The van der Waals surface area contributed by atoms with Crippen LogP contribution in [0.4, 0.5) is 8.78 Å². The van der Waals surface area contributed by atoms with Crippen molar-refractivity contribution in [3.63, 3.8) is 0 Å². The van der Waals surface area contributed by atoms with E-state index in [9.17, 15) is 18.7 Å². The molecule has 24 heavy (non-hydrogen) atoms. The quantitative estimate of drug-likeness (QED) is 0.898. The van der Waals surface area contributed by atoms with Crippen LogP contribution < -0.4 is 0 Å². The minimum absolute atomic E-state index is 0.0261. The first-order valence-corrected chi connectivity index (χ1v) is 8.27. The van der Waals surface area contributed by atoms with E-state index >= 15 is 0 Å². The maximum Gasteiger partial charge on any atom is 0.224 e. The van der Waals surface area contributed by atoms with Crippen LogP contribution in [-0.2, 0) is 9.53 Å². The molecule has 1 amide bonds. The highest BCUT2D eigenvalue weighted by Crippen LogP contribution is 2.34. The van der Waals surface area contributed by atoms with Gasteiger partial charge in [-0.15, -0.1) is 0 Å². The zero-order valence-electron chi connectivity index (χ0n) is 13.5. The number of hydrogen-bond acceptors (Lipinski definition) is 4. The van der Waals surface area contributed by atoms with Gasteiger partial charge in [0.2, 0.25) is 5.91 Å². The van der Waals surface area contributed by atoms with E-state index in [1.54, 1.807) is 4.90 Å². The number of amides is 1. The summed E-state index contributed by atoms with van der Waals surface area (Å²) in [5.41, 5.74) is 0.241. The first kappa shape index (κ1) is 17.3. The van der Waals surface area contributed by atoms with Gasteiger partial charge in [0, 0.05) is 44.2 Å². The number of aliphatic hydroxyl groups is 1. The predicted octanol–water partition coefficient (Wildman–Crippen LogP) is 1.32. The fourth-order valence-electron chi connectivity index (χ4n) is 3.43. The lowest BCUT2D eigenvalue weighted by Crippen LogP contribution is -2.42. The zero-order chi connectivity index (χ0) is 17.1. The summed E-state index contributed by atoms with van der Waals surface area (Å²) in [5, 5.41) is 9.94. The number of benzene rings is 1. The van der Waals surface area contributed by atoms with E-state index < -0.39 is 23.8 Å². The SMILES string of the molecule is O=C(CCN1C[C@H](O)C[C@H]1c1cc(F)ccc1F)N1CCOCC1. The maximum absolute atomic E-state index is 14.0. The third-order valence-corrected chi connectivity index (χ3v) is 4.68. The second-order valence-electron chi connectivity index (χ2n) is 6.31. The predicted molar refractivity (Wildman–Crippen MR) is 83.3 cm³/mol. The molecule has 0 aliphatic carbocycles. The van der Waals surface area contributed by atoms with Gasteiger partial charge in [-0.25, -0.2) is 8.78 Å². The standard InChI is InChI=1S/C17H22F2N2O3/c18-12-1-2-15(19)14(9-12)16-10-13(22)11-21(16)4-3-17(23)20-5-7-24-8-6-20/h1-2,9,13,16,22H,3-8,10-11H2/t13-,16+/m1/s1. The fraction of sp³-hybridized carbons (Fsp3) is 0.588. The molecule has 0 spiro atoms. The van der Waals surface area contributed by atoms with E-state index in [-0.39, 0.29) is 11.5 Å².